The van der Waals surface area contributed by atoms with Crippen molar-refractivity contribution < 1.29 is 9.53 Å². The maximum Gasteiger partial charge on any atom is 0.225 e. The maximum absolute atomic E-state index is 11.8. The lowest BCUT2D eigenvalue weighted by atomic mass is 10.2. The molecule has 2 N–H and O–H groups in total. The number of benzene rings is 1. The Bertz CT molecular complexity index is 678. The molecule has 0 atom stereocenters. The number of thiazole rings is 1. The van der Waals surface area contributed by atoms with Gasteiger partial charge >= 0.3 is 0 Å². The second-order valence-corrected chi connectivity index (χ2v) is 5.48. The molecule has 0 saturated heterocycles. The van der Waals surface area contributed by atoms with Crippen molar-refractivity contribution in [1.82, 2.24) is 10.3 Å². The van der Waals surface area contributed by atoms with Crippen molar-refractivity contribution in [2.75, 3.05) is 19.0 Å². The SMILES string of the molecule is COc1cccc(-c2ncc(NC(=O)CCCNC#N)s2)c1. The summed E-state index contributed by atoms with van der Waals surface area (Å²) in [6, 6.07) is 7.61. The van der Waals surface area contributed by atoms with Gasteiger partial charge in [-0.15, -0.1) is 0 Å². The molecule has 1 aromatic carbocycles. The Balaban J connectivity index is 1.93. The van der Waals surface area contributed by atoms with Crippen LogP contribution < -0.4 is 15.4 Å². The number of carbonyl (C=O) groups is 1. The van der Waals surface area contributed by atoms with Gasteiger partial charge < -0.3 is 15.4 Å². The average Bonchev–Trinajstić information content (AvgIpc) is 3.00. The molecule has 0 aliphatic heterocycles. The Labute approximate surface area is 132 Å². The quantitative estimate of drug-likeness (QED) is 0.466. The monoisotopic (exact) mass is 316 g/mol. The van der Waals surface area contributed by atoms with Crippen LogP contribution in [0.3, 0.4) is 0 Å². The third-order valence-electron chi connectivity index (χ3n) is 2.87. The Hall–Kier alpha value is -2.59. The highest BCUT2D eigenvalue weighted by Crippen LogP contribution is 2.30. The third kappa shape index (κ3) is 4.46. The number of anilines is 1. The van der Waals surface area contributed by atoms with Gasteiger partial charge in [0.05, 0.1) is 13.3 Å². The largest absolute Gasteiger partial charge is 0.497 e. The zero-order chi connectivity index (χ0) is 15.8. The molecule has 2 aromatic rings. The van der Waals surface area contributed by atoms with Gasteiger partial charge in [-0.25, -0.2) is 4.98 Å². The molecule has 0 aliphatic rings. The molecule has 0 unspecified atom stereocenters. The highest BCUT2D eigenvalue weighted by molar-refractivity contribution is 7.19. The van der Waals surface area contributed by atoms with E-state index in [0.717, 1.165) is 16.3 Å². The highest BCUT2D eigenvalue weighted by atomic mass is 32.1. The van der Waals surface area contributed by atoms with Crippen LogP contribution in [-0.2, 0) is 4.79 Å². The van der Waals surface area contributed by atoms with Gasteiger partial charge in [-0.05, 0) is 18.6 Å². The lowest BCUT2D eigenvalue weighted by Gasteiger charge is -2.02. The number of ether oxygens (including phenoxy) is 1. The molecular weight excluding hydrogens is 300 g/mol. The second-order valence-electron chi connectivity index (χ2n) is 4.45. The van der Waals surface area contributed by atoms with E-state index in [4.69, 9.17) is 10.00 Å². The number of amides is 1. The number of aromatic nitrogens is 1. The van der Waals surface area contributed by atoms with Crippen molar-refractivity contribution in [3.63, 3.8) is 0 Å². The van der Waals surface area contributed by atoms with Crippen LogP contribution in [0.5, 0.6) is 5.75 Å². The van der Waals surface area contributed by atoms with Gasteiger partial charge in [-0.2, -0.15) is 5.26 Å². The van der Waals surface area contributed by atoms with E-state index in [2.05, 4.69) is 15.6 Å². The van der Waals surface area contributed by atoms with Crippen LogP contribution in [0.2, 0.25) is 0 Å². The van der Waals surface area contributed by atoms with Gasteiger partial charge in [-0.3, -0.25) is 4.79 Å². The number of nitrogens with zero attached hydrogens (tertiary/aromatic N) is 2. The first-order chi connectivity index (χ1) is 10.7. The second kappa shape index (κ2) is 8.00. The van der Waals surface area contributed by atoms with E-state index in [1.807, 2.05) is 30.5 Å². The molecule has 1 heterocycles. The van der Waals surface area contributed by atoms with Gasteiger partial charge in [0.15, 0.2) is 6.19 Å². The van der Waals surface area contributed by atoms with Gasteiger partial charge in [0.1, 0.15) is 15.8 Å². The molecule has 0 spiro atoms. The molecule has 22 heavy (non-hydrogen) atoms. The van der Waals surface area contributed by atoms with E-state index >= 15 is 0 Å². The summed E-state index contributed by atoms with van der Waals surface area (Å²) in [5.74, 6) is 0.684. The van der Waals surface area contributed by atoms with Crippen LogP contribution in [0.4, 0.5) is 5.00 Å². The first-order valence-corrected chi connectivity index (χ1v) is 7.56. The molecule has 2 rings (SSSR count). The number of hydrogen-bond donors (Lipinski definition) is 2. The first kappa shape index (κ1) is 15.8. The van der Waals surface area contributed by atoms with E-state index in [0.29, 0.717) is 24.4 Å². The van der Waals surface area contributed by atoms with E-state index < -0.39 is 0 Å². The van der Waals surface area contributed by atoms with Crippen molar-refractivity contribution >= 4 is 22.2 Å². The summed E-state index contributed by atoms with van der Waals surface area (Å²) in [6.07, 6.45) is 4.44. The number of hydrogen-bond acceptors (Lipinski definition) is 6. The van der Waals surface area contributed by atoms with Crippen molar-refractivity contribution in [1.29, 1.82) is 5.26 Å². The minimum Gasteiger partial charge on any atom is -0.497 e. The molecule has 0 fully saturated rings. The van der Waals surface area contributed by atoms with Crippen molar-refractivity contribution in [2.24, 2.45) is 0 Å². The molecule has 1 amide bonds. The summed E-state index contributed by atoms with van der Waals surface area (Å²) < 4.78 is 5.19. The number of nitrogens with one attached hydrogen (secondary N) is 2. The van der Waals surface area contributed by atoms with Crippen LogP contribution in [0.15, 0.2) is 30.5 Å². The highest BCUT2D eigenvalue weighted by Gasteiger charge is 2.08. The Morgan fingerprint density at radius 2 is 2.36 bits per heavy atom. The zero-order valence-electron chi connectivity index (χ0n) is 12.1. The van der Waals surface area contributed by atoms with E-state index in [9.17, 15) is 4.79 Å². The van der Waals surface area contributed by atoms with Crippen molar-refractivity contribution in [2.45, 2.75) is 12.8 Å². The van der Waals surface area contributed by atoms with Crippen molar-refractivity contribution in [3.8, 4) is 22.5 Å². The fraction of sp³-hybridized carbons (Fsp3) is 0.267. The van der Waals surface area contributed by atoms with Gasteiger partial charge in [0.2, 0.25) is 5.91 Å². The molecule has 0 aliphatic carbocycles. The number of nitriles is 1. The van der Waals surface area contributed by atoms with Gasteiger partial charge in [0.25, 0.3) is 0 Å². The lowest BCUT2D eigenvalue weighted by molar-refractivity contribution is -0.116. The van der Waals surface area contributed by atoms with Crippen molar-refractivity contribution in [3.05, 3.63) is 30.5 Å². The van der Waals surface area contributed by atoms with Crippen LogP contribution in [0, 0.1) is 11.5 Å². The predicted molar refractivity (Wildman–Crippen MR) is 85.6 cm³/mol. The van der Waals surface area contributed by atoms with E-state index in [1.165, 1.54) is 11.3 Å². The summed E-state index contributed by atoms with van der Waals surface area (Å²) in [4.78, 5) is 16.1. The minimum absolute atomic E-state index is 0.0828. The van der Waals surface area contributed by atoms with E-state index in [-0.39, 0.29) is 5.91 Å². The molecule has 0 radical (unpaired) electrons. The predicted octanol–water partition coefficient (Wildman–Crippen LogP) is 2.61. The normalized spacial score (nSPS) is 9.82. The summed E-state index contributed by atoms with van der Waals surface area (Å²) in [5, 5.41) is 15.2. The summed E-state index contributed by atoms with van der Waals surface area (Å²) >= 11 is 1.41. The summed E-state index contributed by atoms with van der Waals surface area (Å²) in [5.41, 5.74) is 0.947. The topological polar surface area (TPSA) is 87.0 Å². The van der Waals surface area contributed by atoms with Crippen LogP contribution in [0.1, 0.15) is 12.8 Å². The Morgan fingerprint density at radius 3 is 3.14 bits per heavy atom. The first-order valence-electron chi connectivity index (χ1n) is 6.75. The molecule has 0 saturated carbocycles. The van der Waals surface area contributed by atoms with Gasteiger partial charge in [0, 0.05) is 18.5 Å². The number of carbonyl (C=O) groups excluding carboxylic acids is 1. The molecule has 0 bridgehead atoms. The minimum atomic E-state index is -0.0828. The fourth-order valence-corrected chi connectivity index (χ4v) is 2.64. The molecular formula is C15H16N4O2S. The molecule has 7 heteroatoms. The molecule has 114 valence electrons. The number of methoxy groups -OCH3 is 1. The van der Waals surface area contributed by atoms with Crippen LogP contribution >= 0.6 is 11.3 Å². The zero-order valence-corrected chi connectivity index (χ0v) is 12.9. The van der Waals surface area contributed by atoms with Crippen LogP contribution in [-0.4, -0.2) is 24.5 Å². The van der Waals surface area contributed by atoms with Crippen LogP contribution in [0.25, 0.3) is 10.6 Å². The Morgan fingerprint density at radius 1 is 1.50 bits per heavy atom. The molecule has 1 aromatic heterocycles. The smallest absolute Gasteiger partial charge is 0.225 e. The maximum atomic E-state index is 11.8. The van der Waals surface area contributed by atoms with E-state index in [1.54, 1.807) is 13.3 Å². The fourth-order valence-electron chi connectivity index (χ4n) is 1.81. The Kier molecular flexibility index (Phi) is 5.74. The standard InChI is InChI=1S/C15H16N4O2S/c1-21-12-5-2-4-11(8-12)15-18-9-14(22-15)19-13(20)6-3-7-17-10-16/h2,4-5,8-9,17H,3,6-7H2,1H3,(H,19,20). The lowest BCUT2D eigenvalue weighted by Crippen LogP contribution is -2.14. The third-order valence-corrected chi connectivity index (χ3v) is 3.83. The summed E-state index contributed by atoms with van der Waals surface area (Å²) in [6.45, 7) is 0.502. The van der Waals surface area contributed by atoms with Gasteiger partial charge in [-0.1, -0.05) is 23.5 Å². The number of rotatable bonds is 7. The summed E-state index contributed by atoms with van der Waals surface area (Å²) in [7, 11) is 1.62. The average molecular weight is 316 g/mol. The molecule has 6 nitrogen and oxygen atoms in total.